The average molecular weight is 262 g/mol. The van der Waals surface area contributed by atoms with E-state index in [1.54, 1.807) is 12.1 Å². The highest BCUT2D eigenvalue weighted by molar-refractivity contribution is 6.21. The Labute approximate surface area is 115 Å². The van der Waals surface area contributed by atoms with Gasteiger partial charge >= 0.3 is 5.97 Å². The zero-order valence-electron chi connectivity index (χ0n) is 11.6. The Balaban J connectivity index is 2.24. The van der Waals surface area contributed by atoms with Crippen molar-refractivity contribution in [3.8, 4) is 5.75 Å². The smallest absolute Gasteiger partial charge is 0.376 e. The molecule has 0 saturated heterocycles. The first-order valence-electron chi connectivity index (χ1n) is 7.02. The monoisotopic (exact) mass is 262 g/mol. The van der Waals surface area contributed by atoms with E-state index < -0.39 is 5.97 Å². The predicted molar refractivity (Wildman–Crippen MR) is 75.2 cm³/mol. The maximum Gasteiger partial charge on any atom is 0.376 e. The van der Waals surface area contributed by atoms with E-state index in [-0.39, 0.29) is 6.29 Å². The van der Waals surface area contributed by atoms with Gasteiger partial charge in [0.15, 0.2) is 0 Å². The molecule has 0 aromatic heterocycles. The van der Waals surface area contributed by atoms with Gasteiger partial charge in [0.1, 0.15) is 5.75 Å². The fourth-order valence-corrected chi connectivity index (χ4v) is 1.97. The first kappa shape index (κ1) is 15.4. The average Bonchev–Trinajstić information content (AvgIpc) is 2.44. The quantitative estimate of drug-likeness (QED) is 0.224. The van der Waals surface area contributed by atoms with E-state index in [1.165, 1.54) is 44.1 Å². The van der Waals surface area contributed by atoms with Crippen LogP contribution < -0.4 is 4.74 Å². The summed E-state index contributed by atoms with van der Waals surface area (Å²) in [5.41, 5.74) is 1.24. The van der Waals surface area contributed by atoms with Crippen molar-refractivity contribution in [3.05, 3.63) is 29.8 Å². The summed E-state index contributed by atoms with van der Waals surface area (Å²) in [5.74, 6) is -0.438. The molecule has 0 aliphatic carbocycles. The second-order valence-electron chi connectivity index (χ2n) is 4.70. The number of unbranched alkanes of at least 4 members (excludes halogenated alkanes) is 5. The molecule has 1 rings (SSSR count). The summed E-state index contributed by atoms with van der Waals surface area (Å²) in [6, 6.07) is 7.35. The molecule has 1 aromatic carbocycles. The maximum absolute atomic E-state index is 10.8. The SMILES string of the molecule is CCCCCCCCc1ccc(OC(=O)C=O)cc1. The second-order valence-corrected chi connectivity index (χ2v) is 4.70. The Hall–Kier alpha value is -1.64. The lowest BCUT2D eigenvalue weighted by atomic mass is 10.0. The summed E-state index contributed by atoms with van der Waals surface area (Å²) in [5, 5.41) is 0. The number of esters is 1. The molecule has 0 amide bonds. The Kier molecular flexibility index (Phi) is 7.56. The van der Waals surface area contributed by atoms with Crippen LogP contribution in [0.5, 0.6) is 5.75 Å². The Morgan fingerprint density at radius 2 is 1.68 bits per heavy atom. The van der Waals surface area contributed by atoms with Crippen molar-refractivity contribution in [2.45, 2.75) is 51.9 Å². The van der Waals surface area contributed by atoms with Crippen molar-refractivity contribution >= 4 is 12.3 Å². The summed E-state index contributed by atoms with van der Waals surface area (Å²) in [7, 11) is 0. The number of hydrogen-bond donors (Lipinski definition) is 0. The summed E-state index contributed by atoms with van der Waals surface area (Å²) >= 11 is 0. The highest BCUT2D eigenvalue weighted by atomic mass is 16.5. The molecule has 1 aromatic rings. The molecule has 0 saturated carbocycles. The van der Waals surface area contributed by atoms with Gasteiger partial charge in [-0.05, 0) is 30.5 Å². The van der Waals surface area contributed by atoms with Crippen LogP contribution in [0.1, 0.15) is 51.0 Å². The normalized spacial score (nSPS) is 10.2. The zero-order chi connectivity index (χ0) is 13.9. The van der Waals surface area contributed by atoms with Crippen LogP contribution in [0.2, 0.25) is 0 Å². The van der Waals surface area contributed by atoms with Gasteiger partial charge in [-0.3, -0.25) is 4.79 Å². The third kappa shape index (κ3) is 6.75. The summed E-state index contributed by atoms with van der Waals surface area (Å²) < 4.78 is 4.78. The molecule has 0 aliphatic heterocycles. The summed E-state index contributed by atoms with van der Waals surface area (Å²) in [4.78, 5) is 20.9. The second kappa shape index (κ2) is 9.31. The molecule has 0 radical (unpaired) electrons. The Morgan fingerprint density at radius 1 is 1.05 bits per heavy atom. The minimum atomic E-state index is -0.858. The minimum absolute atomic E-state index is 0.171. The van der Waals surface area contributed by atoms with Crippen molar-refractivity contribution in [1.82, 2.24) is 0 Å². The van der Waals surface area contributed by atoms with Gasteiger partial charge in [0.2, 0.25) is 6.29 Å². The van der Waals surface area contributed by atoms with Crippen LogP contribution in [0.25, 0.3) is 0 Å². The number of aldehydes is 1. The number of carbonyl (C=O) groups is 2. The number of aryl methyl sites for hydroxylation is 1. The molecule has 0 heterocycles. The van der Waals surface area contributed by atoms with Crippen LogP contribution in [0.3, 0.4) is 0 Å². The number of hydrogen-bond acceptors (Lipinski definition) is 3. The van der Waals surface area contributed by atoms with Crippen LogP contribution in [0.15, 0.2) is 24.3 Å². The van der Waals surface area contributed by atoms with Gasteiger partial charge in [0.05, 0.1) is 0 Å². The van der Waals surface area contributed by atoms with Crippen molar-refractivity contribution < 1.29 is 14.3 Å². The van der Waals surface area contributed by atoms with E-state index in [0.29, 0.717) is 5.75 Å². The zero-order valence-corrected chi connectivity index (χ0v) is 11.6. The topological polar surface area (TPSA) is 43.4 Å². The maximum atomic E-state index is 10.8. The third-order valence-electron chi connectivity index (χ3n) is 3.06. The van der Waals surface area contributed by atoms with E-state index in [4.69, 9.17) is 4.74 Å². The lowest BCUT2D eigenvalue weighted by Crippen LogP contribution is -2.08. The molecule has 104 valence electrons. The summed E-state index contributed by atoms with van der Waals surface area (Å²) in [6.45, 7) is 2.22. The highest BCUT2D eigenvalue weighted by Crippen LogP contribution is 2.15. The van der Waals surface area contributed by atoms with Gasteiger partial charge < -0.3 is 4.74 Å². The van der Waals surface area contributed by atoms with Crippen molar-refractivity contribution in [2.24, 2.45) is 0 Å². The lowest BCUT2D eigenvalue weighted by molar-refractivity contribution is -0.141. The van der Waals surface area contributed by atoms with Gasteiger partial charge in [-0.2, -0.15) is 0 Å². The first-order valence-corrected chi connectivity index (χ1v) is 7.02. The molecule has 3 nitrogen and oxygen atoms in total. The fourth-order valence-electron chi connectivity index (χ4n) is 1.97. The van der Waals surface area contributed by atoms with Gasteiger partial charge in [-0.15, -0.1) is 0 Å². The number of rotatable bonds is 9. The minimum Gasteiger partial charge on any atom is -0.421 e. The van der Waals surface area contributed by atoms with Crippen LogP contribution >= 0.6 is 0 Å². The molecule has 0 bridgehead atoms. The Bertz CT molecular complexity index is 381. The molecular formula is C16H22O3. The molecule has 0 unspecified atom stereocenters. The largest absolute Gasteiger partial charge is 0.421 e. The highest BCUT2D eigenvalue weighted by Gasteiger charge is 2.02. The van der Waals surface area contributed by atoms with E-state index in [0.717, 1.165) is 6.42 Å². The number of benzene rings is 1. The van der Waals surface area contributed by atoms with Crippen LogP contribution in [-0.2, 0) is 16.0 Å². The lowest BCUT2D eigenvalue weighted by Gasteiger charge is -2.04. The van der Waals surface area contributed by atoms with Gasteiger partial charge in [0, 0.05) is 0 Å². The molecule has 0 spiro atoms. The van der Waals surface area contributed by atoms with Gasteiger partial charge in [-0.1, -0.05) is 51.2 Å². The fraction of sp³-hybridized carbons (Fsp3) is 0.500. The molecular weight excluding hydrogens is 240 g/mol. The number of ether oxygens (including phenoxy) is 1. The Morgan fingerprint density at radius 3 is 2.32 bits per heavy atom. The molecule has 0 aliphatic rings. The molecule has 3 heteroatoms. The van der Waals surface area contributed by atoms with E-state index in [2.05, 4.69) is 6.92 Å². The van der Waals surface area contributed by atoms with Crippen LogP contribution in [0, 0.1) is 0 Å². The first-order chi connectivity index (χ1) is 9.26. The van der Waals surface area contributed by atoms with Gasteiger partial charge in [0.25, 0.3) is 0 Å². The van der Waals surface area contributed by atoms with Crippen molar-refractivity contribution in [1.29, 1.82) is 0 Å². The molecule has 0 atom stereocenters. The third-order valence-corrected chi connectivity index (χ3v) is 3.06. The van der Waals surface area contributed by atoms with Crippen molar-refractivity contribution in [3.63, 3.8) is 0 Å². The molecule has 19 heavy (non-hydrogen) atoms. The summed E-state index contributed by atoms with van der Waals surface area (Å²) in [6.07, 6.45) is 8.93. The van der Waals surface area contributed by atoms with Crippen molar-refractivity contribution in [2.75, 3.05) is 0 Å². The van der Waals surface area contributed by atoms with Crippen LogP contribution in [-0.4, -0.2) is 12.3 Å². The standard InChI is InChI=1S/C16H22O3/c1-2-3-4-5-6-7-8-14-9-11-15(12-10-14)19-16(18)13-17/h9-13H,2-8H2,1H3. The van der Waals surface area contributed by atoms with E-state index in [9.17, 15) is 9.59 Å². The van der Waals surface area contributed by atoms with E-state index >= 15 is 0 Å². The predicted octanol–water partition coefficient (Wildman–Crippen LogP) is 3.69. The number of carbonyl (C=O) groups excluding carboxylic acids is 2. The van der Waals surface area contributed by atoms with Crippen LogP contribution in [0.4, 0.5) is 0 Å². The van der Waals surface area contributed by atoms with E-state index in [1.807, 2.05) is 12.1 Å². The van der Waals surface area contributed by atoms with Gasteiger partial charge in [-0.25, -0.2) is 4.79 Å². The molecule has 0 fully saturated rings. The molecule has 0 N–H and O–H groups in total.